The van der Waals surface area contributed by atoms with Crippen LogP contribution >= 0.6 is 12.4 Å². The topological polar surface area (TPSA) is 68.8 Å². The molecule has 1 fully saturated rings. The average Bonchev–Trinajstić information content (AvgIpc) is 2.70. The number of hydrogen-bond donors (Lipinski definition) is 2. The zero-order chi connectivity index (χ0) is 19.3. The molecule has 152 valence electrons. The number of methoxy groups -OCH3 is 2. The van der Waals surface area contributed by atoms with Crippen molar-refractivity contribution in [3.63, 3.8) is 0 Å². The molecule has 0 radical (unpaired) electrons. The van der Waals surface area contributed by atoms with E-state index < -0.39 is 11.4 Å². The van der Waals surface area contributed by atoms with E-state index in [-0.39, 0.29) is 24.1 Å². The number of ether oxygens (including phenoxy) is 3. The van der Waals surface area contributed by atoms with Crippen molar-refractivity contribution in [3.8, 4) is 17.2 Å². The molecule has 8 heteroatoms. The summed E-state index contributed by atoms with van der Waals surface area (Å²) in [7, 11) is 3.04. The number of carbonyl (C=O) groups is 1. The van der Waals surface area contributed by atoms with Crippen LogP contribution in [0.2, 0.25) is 0 Å². The van der Waals surface area contributed by atoms with Crippen molar-refractivity contribution >= 4 is 24.0 Å². The van der Waals surface area contributed by atoms with Gasteiger partial charge < -0.3 is 24.8 Å². The van der Waals surface area contributed by atoms with E-state index in [1.165, 1.54) is 26.4 Å². The van der Waals surface area contributed by atoms with Gasteiger partial charge in [0, 0.05) is 18.9 Å². The van der Waals surface area contributed by atoms with Crippen LogP contribution in [0, 0.1) is 5.82 Å². The van der Waals surface area contributed by atoms with E-state index in [2.05, 4.69) is 10.6 Å². The molecule has 1 heterocycles. The molecule has 0 bridgehead atoms. The van der Waals surface area contributed by atoms with Crippen LogP contribution in [0.1, 0.15) is 12.8 Å². The largest absolute Gasteiger partial charge is 0.493 e. The van der Waals surface area contributed by atoms with Crippen LogP contribution in [-0.4, -0.2) is 38.8 Å². The second kappa shape index (κ2) is 9.73. The fraction of sp³-hybridized carbons (Fsp3) is 0.350. The maximum Gasteiger partial charge on any atom is 0.256 e. The van der Waals surface area contributed by atoms with Gasteiger partial charge in [0.1, 0.15) is 5.60 Å². The number of amides is 1. The molecule has 28 heavy (non-hydrogen) atoms. The number of rotatable bonds is 6. The highest BCUT2D eigenvalue weighted by Crippen LogP contribution is 2.33. The second-order valence-corrected chi connectivity index (χ2v) is 6.30. The van der Waals surface area contributed by atoms with Gasteiger partial charge in [0.25, 0.3) is 5.91 Å². The Balaban J connectivity index is 0.00000280. The van der Waals surface area contributed by atoms with Crippen molar-refractivity contribution in [1.82, 2.24) is 5.32 Å². The monoisotopic (exact) mass is 410 g/mol. The average molecular weight is 411 g/mol. The summed E-state index contributed by atoms with van der Waals surface area (Å²) in [6.07, 6.45) is 1.12. The number of benzene rings is 2. The molecule has 0 saturated carbocycles. The number of anilines is 1. The molecule has 1 amide bonds. The molecule has 0 unspecified atom stereocenters. The van der Waals surface area contributed by atoms with Gasteiger partial charge in [-0.05, 0) is 50.2 Å². The second-order valence-electron chi connectivity index (χ2n) is 6.30. The lowest BCUT2D eigenvalue weighted by molar-refractivity contribution is -0.140. The summed E-state index contributed by atoms with van der Waals surface area (Å²) in [6.45, 7) is 1.39. The predicted molar refractivity (Wildman–Crippen MR) is 107 cm³/mol. The molecule has 1 saturated heterocycles. The summed E-state index contributed by atoms with van der Waals surface area (Å²) in [6, 6.07) is 11.3. The highest BCUT2D eigenvalue weighted by atomic mass is 35.5. The zero-order valence-electron chi connectivity index (χ0n) is 15.8. The Labute approximate surface area is 169 Å². The smallest absolute Gasteiger partial charge is 0.256 e. The summed E-state index contributed by atoms with van der Waals surface area (Å²) >= 11 is 0. The summed E-state index contributed by atoms with van der Waals surface area (Å²) in [5.74, 6) is 0.0894. The Hall–Kier alpha value is -2.35. The molecular formula is C20H24ClFN2O4. The van der Waals surface area contributed by atoms with Crippen LogP contribution in [0.4, 0.5) is 10.1 Å². The SMILES string of the molecule is COc1ccccc1Oc1ccc(NC(=O)C2(OC)CCNCC2)cc1F.Cl. The molecule has 1 aliphatic rings. The van der Waals surface area contributed by atoms with Gasteiger partial charge in [-0.3, -0.25) is 4.79 Å². The third-order valence-corrected chi connectivity index (χ3v) is 4.69. The molecule has 2 aromatic rings. The van der Waals surface area contributed by atoms with Crippen LogP contribution in [0.5, 0.6) is 17.2 Å². The number of carbonyl (C=O) groups excluding carboxylic acids is 1. The van der Waals surface area contributed by atoms with E-state index in [9.17, 15) is 9.18 Å². The van der Waals surface area contributed by atoms with E-state index in [4.69, 9.17) is 14.2 Å². The fourth-order valence-corrected chi connectivity index (χ4v) is 3.08. The quantitative estimate of drug-likeness (QED) is 0.759. The Morgan fingerprint density at radius 2 is 1.75 bits per heavy atom. The van der Waals surface area contributed by atoms with Gasteiger partial charge in [-0.15, -0.1) is 12.4 Å². The standard InChI is InChI=1S/C20H23FN2O4.ClH/c1-25-17-5-3-4-6-18(17)27-16-8-7-14(13-15(16)21)23-19(24)20(26-2)9-11-22-12-10-20;/h3-8,13,22H,9-12H2,1-2H3,(H,23,24);1H. The Kier molecular flexibility index (Phi) is 7.62. The van der Waals surface area contributed by atoms with Gasteiger partial charge in [0.15, 0.2) is 23.1 Å². The molecule has 1 aliphatic heterocycles. The van der Waals surface area contributed by atoms with Crippen LogP contribution in [0.3, 0.4) is 0 Å². The van der Waals surface area contributed by atoms with Gasteiger partial charge in [0.05, 0.1) is 7.11 Å². The lowest BCUT2D eigenvalue weighted by Gasteiger charge is -2.34. The first-order valence-corrected chi connectivity index (χ1v) is 8.76. The number of halogens is 2. The molecule has 0 aliphatic carbocycles. The highest BCUT2D eigenvalue weighted by Gasteiger charge is 2.39. The summed E-state index contributed by atoms with van der Waals surface area (Å²) in [4.78, 5) is 12.7. The first-order chi connectivity index (χ1) is 13.1. The number of piperidine rings is 1. The van der Waals surface area contributed by atoms with Crippen LogP contribution in [-0.2, 0) is 9.53 Å². The number of para-hydroxylation sites is 2. The van der Waals surface area contributed by atoms with Gasteiger partial charge >= 0.3 is 0 Å². The summed E-state index contributed by atoms with van der Waals surface area (Å²) in [5.41, 5.74) is -0.547. The minimum atomic E-state index is -0.895. The molecule has 0 atom stereocenters. The Bertz CT molecular complexity index is 813. The predicted octanol–water partition coefficient (Wildman–Crippen LogP) is 3.76. The molecule has 3 rings (SSSR count). The van der Waals surface area contributed by atoms with Crippen molar-refractivity contribution in [2.45, 2.75) is 18.4 Å². The van der Waals surface area contributed by atoms with E-state index in [0.29, 0.717) is 43.1 Å². The van der Waals surface area contributed by atoms with Gasteiger partial charge in [-0.1, -0.05) is 12.1 Å². The maximum absolute atomic E-state index is 14.5. The Morgan fingerprint density at radius 1 is 1.07 bits per heavy atom. The third-order valence-electron chi connectivity index (χ3n) is 4.69. The molecular weight excluding hydrogens is 387 g/mol. The fourth-order valence-electron chi connectivity index (χ4n) is 3.08. The maximum atomic E-state index is 14.5. The van der Waals surface area contributed by atoms with Crippen molar-refractivity contribution in [2.24, 2.45) is 0 Å². The first kappa shape index (κ1) is 21.9. The van der Waals surface area contributed by atoms with Gasteiger partial charge in [-0.2, -0.15) is 0 Å². The summed E-state index contributed by atoms with van der Waals surface area (Å²) in [5, 5.41) is 5.94. The van der Waals surface area contributed by atoms with E-state index in [1.54, 1.807) is 30.3 Å². The van der Waals surface area contributed by atoms with Crippen molar-refractivity contribution < 1.29 is 23.4 Å². The number of hydrogen-bond acceptors (Lipinski definition) is 5. The molecule has 6 nitrogen and oxygen atoms in total. The molecule has 2 N–H and O–H groups in total. The Morgan fingerprint density at radius 3 is 2.36 bits per heavy atom. The minimum absolute atomic E-state index is 0. The lowest BCUT2D eigenvalue weighted by atomic mass is 9.91. The van der Waals surface area contributed by atoms with E-state index in [1.807, 2.05) is 0 Å². The number of nitrogens with one attached hydrogen (secondary N) is 2. The van der Waals surface area contributed by atoms with Gasteiger partial charge in [0.2, 0.25) is 0 Å². The molecule has 0 spiro atoms. The van der Waals surface area contributed by atoms with E-state index >= 15 is 0 Å². The van der Waals surface area contributed by atoms with Crippen molar-refractivity contribution in [3.05, 3.63) is 48.3 Å². The van der Waals surface area contributed by atoms with Crippen LogP contribution in [0.15, 0.2) is 42.5 Å². The van der Waals surface area contributed by atoms with Crippen molar-refractivity contribution in [2.75, 3.05) is 32.6 Å². The third kappa shape index (κ3) is 4.73. The van der Waals surface area contributed by atoms with Crippen molar-refractivity contribution in [1.29, 1.82) is 0 Å². The van der Waals surface area contributed by atoms with Gasteiger partial charge in [-0.25, -0.2) is 4.39 Å². The summed E-state index contributed by atoms with van der Waals surface area (Å²) < 4.78 is 30.8. The minimum Gasteiger partial charge on any atom is -0.493 e. The zero-order valence-corrected chi connectivity index (χ0v) is 16.6. The molecule has 2 aromatic carbocycles. The highest BCUT2D eigenvalue weighted by molar-refractivity contribution is 5.97. The van der Waals surface area contributed by atoms with E-state index in [0.717, 1.165) is 0 Å². The molecule has 0 aromatic heterocycles. The first-order valence-electron chi connectivity index (χ1n) is 8.76. The van der Waals surface area contributed by atoms with Crippen LogP contribution < -0.4 is 20.1 Å². The normalized spacial score (nSPS) is 15.2. The van der Waals surface area contributed by atoms with Crippen LogP contribution in [0.25, 0.3) is 0 Å². The lowest BCUT2D eigenvalue weighted by Crippen LogP contribution is -2.51.